The molecule has 0 aliphatic rings. The van der Waals surface area contributed by atoms with Crippen LogP contribution >= 0.6 is 0 Å². The molecule has 0 aliphatic carbocycles. The van der Waals surface area contributed by atoms with E-state index in [-0.39, 0.29) is 11.2 Å². The van der Waals surface area contributed by atoms with Gasteiger partial charge in [0, 0.05) is 0 Å². The SMILES string of the molecule is C[SiH](OC(C)(C)C)[Se][SiH](C)OC(C)(C)C. The molecule has 0 amide bonds. The van der Waals surface area contributed by atoms with Gasteiger partial charge < -0.3 is 0 Å². The third-order valence-corrected chi connectivity index (χ3v) is 22.3. The van der Waals surface area contributed by atoms with Crippen molar-refractivity contribution in [1.82, 2.24) is 0 Å². The topological polar surface area (TPSA) is 18.5 Å². The maximum atomic E-state index is 6.04. The molecule has 0 aromatic rings. The molecule has 15 heavy (non-hydrogen) atoms. The fraction of sp³-hybridized carbons (Fsp3) is 1.00. The molecule has 2 atom stereocenters. The fourth-order valence-corrected chi connectivity index (χ4v) is 21.8. The van der Waals surface area contributed by atoms with Gasteiger partial charge >= 0.3 is 104 Å². The summed E-state index contributed by atoms with van der Waals surface area (Å²) >= 11 is 0.639. The normalized spacial score (nSPS) is 17.6. The van der Waals surface area contributed by atoms with Crippen LogP contribution in [0.1, 0.15) is 41.5 Å². The minimum atomic E-state index is -0.975. The molecule has 0 radical (unpaired) electrons. The van der Waals surface area contributed by atoms with Crippen LogP contribution in [-0.4, -0.2) is 40.2 Å². The van der Waals surface area contributed by atoms with Crippen LogP contribution in [0.4, 0.5) is 0 Å². The van der Waals surface area contributed by atoms with Gasteiger partial charge in [-0.05, 0) is 0 Å². The second-order valence-corrected chi connectivity index (χ2v) is 23.1. The summed E-state index contributed by atoms with van der Waals surface area (Å²) in [6.07, 6.45) is 0. The Labute approximate surface area is 104 Å². The predicted molar refractivity (Wildman–Crippen MR) is 73.5 cm³/mol. The van der Waals surface area contributed by atoms with Gasteiger partial charge in [-0.1, -0.05) is 0 Å². The van der Waals surface area contributed by atoms with Gasteiger partial charge in [0.05, 0.1) is 0 Å². The van der Waals surface area contributed by atoms with Crippen LogP contribution in [0.3, 0.4) is 0 Å². The van der Waals surface area contributed by atoms with E-state index >= 15 is 0 Å². The van der Waals surface area contributed by atoms with Gasteiger partial charge in [-0.15, -0.1) is 0 Å². The van der Waals surface area contributed by atoms with E-state index < -0.39 is 15.3 Å². The molecule has 5 heteroatoms. The monoisotopic (exact) mass is 314 g/mol. The summed E-state index contributed by atoms with van der Waals surface area (Å²) in [7, 11) is -1.95. The van der Waals surface area contributed by atoms with Gasteiger partial charge in [0.2, 0.25) is 0 Å². The van der Waals surface area contributed by atoms with Crippen LogP contribution < -0.4 is 0 Å². The fourth-order valence-electron chi connectivity index (χ4n) is 1.32. The second-order valence-electron chi connectivity index (χ2n) is 5.73. The first-order chi connectivity index (χ1) is 6.49. The zero-order valence-corrected chi connectivity index (χ0v) is 15.4. The molecule has 0 bridgehead atoms. The molecule has 0 rings (SSSR count). The summed E-state index contributed by atoms with van der Waals surface area (Å²) in [5.74, 6) is 0. The van der Waals surface area contributed by atoms with E-state index in [9.17, 15) is 0 Å². The first-order valence-corrected chi connectivity index (χ1v) is 15.6. The maximum absolute atomic E-state index is 6.04. The Morgan fingerprint density at radius 1 is 0.733 bits per heavy atom. The quantitative estimate of drug-likeness (QED) is 0.739. The van der Waals surface area contributed by atoms with Gasteiger partial charge in [0.25, 0.3) is 0 Å². The van der Waals surface area contributed by atoms with E-state index in [4.69, 9.17) is 8.85 Å². The van der Waals surface area contributed by atoms with E-state index in [1.165, 1.54) is 0 Å². The standard InChI is InChI=1S/C10H26O2SeSi2/c1-9(2,3)11-14(7)13-15(8)12-10(4,5)6/h14-15H,1-8H3. The summed E-state index contributed by atoms with van der Waals surface area (Å²) in [6, 6.07) is 0. The van der Waals surface area contributed by atoms with Crippen molar-refractivity contribution in [2.75, 3.05) is 0 Å². The Morgan fingerprint density at radius 2 is 1.00 bits per heavy atom. The van der Waals surface area contributed by atoms with Gasteiger partial charge in [-0.3, -0.25) is 0 Å². The number of rotatable bonds is 4. The summed E-state index contributed by atoms with van der Waals surface area (Å²) in [5, 5.41) is 0. The molecular weight excluding hydrogens is 287 g/mol. The molecule has 0 aromatic carbocycles. The van der Waals surface area contributed by atoms with E-state index in [0.29, 0.717) is 13.7 Å². The van der Waals surface area contributed by atoms with E-state index in [1.54, 1.807) is 0 Å². The molecule has 0 aromatic heterocycles. The van der Waals surface area contributed by atoms with Crippen LogP contribution in [-0.2, 0) is 8.85 Å². The van der Waals surface area contributed by atoms with Crippen molar-refractivity contribution in [3.05, 3.63) is 0 Å². The first kappa shape index (κ1) is 15.9. The van der Waals surface area contributed by atoms with Crippen molar-refractivity contribution < 1.29 is 8.85 Å². The third kappa shape index (κ3) is 11.1. The molecule has 92 valence electrons. The molecule has 0 spiro atoms. The molecule has 0 saturated carbocycles. The van der Waals surface area contributed by atoms with E-state index in [2.05, 4.69) is 54.6 Å². The molecule has 0 aliphatic heterocycles. The summed E-state index contributed by atoms with van der Waals surface area (Å²) in [4.78, 5) is 0. The van der Waals surface area contributed by atoms with Crippen molar-refractivity contribution in [2.45, 2.75) is 65.8 Å². The van der Waals surface area contributed by atoms with Crippen molar-refractivity contribution in [3.8, 4) is 0 Å². The Morgan fingerprint density at radius 3 is 1.20 bits per heavy atom. The predicted octanol–water partition coefficient (Wildman–Crippen LogP) is 2.02. The molecule has 0 heterocycles. The van der Waals surface area contributed by atoms with E-state index in [1.807, 2.05) is 0 Å². The van der Waals surface area contributed by atoms with Crippen molar-refractivity contribution in [2.24, 2.45) is 0 Å². The Hall–Kier alpha value is 0.873. The Balaban J connectivity index is 3.92. The summed E-state index contributed by atoms with van der Waals surface area (Å²) in [6.45, 7) is 17.5. The van der Waals surface area contributed by atoms with Crippen LogP contribution in [0.15, 0.2) is 0 Å². The van der Waals surface area contributed by atoms with Crippen LogP contribution in [0.2, 0.25) is 13.1 Å². The summed E-state index contributed by atoms with van der Waals surface area (Å²) < 4.78 is 12.1. The average Bonchev–Trinajstić information content (AvgIpc) is 1.73. The third-order valence-electron chi connectivity index (χ3n) is 1.42. The Kier molecular flexibility index (Phi) is 6.33. The van der Waals surface area contributed by atoms with E-state index in [0.717, 1.165) is 0 Å². The van der Waals surface area contributed by atoms with Crippen LogP contribution in [0.5, 0.6) is 0 Å². The minimum absolute atomic E-state index is 0.0310. The Bertz CT molecular complexity index is 167. The first-order valence-electron chi connectivity index (χ1n) is 5.51. The molecular formula is C10H26O2SeSi2. The number of hydrogen-bond donors (Lipinski definition) is 0. The molecule has 0 N–H and O–H groups in total. The molecule has 0 saturated heterocycles. The number of hydrogen-bond acceptors (Lipinski definition) is 2. The van der Waals surface area contributed by atoms with Gasteiger partial charge in [-0.25, -0.2) is 0 Å². The molecule has 0 fully saturated rings. The van der Waals surface area contributed by atoms with Gasteiger partial charge in [0.1, 0.15) is 0 Å². The van der Waals surface area contributed by atoms with Crippen LogP contribution in [0.25, 0.3) is 0 Å². The van der Waals surface area contributed by atoms with Crippen molar-refractivity contribution >= 4 is 29.0 Å². The van der Waals surface area contributed by atoms with Gasteiger partial charge in [0.15, 0.2) is 0 Å². The molecule has 2 unspecified atom stereocenters. The summed E-state index contributed by atoms with van der Waals surface area (Å²) in [5.41, 5.74) is 0.0620. The second kappa shape index (κ2) is 5.98. The van der Waals surface area contributed by atoms with Crippen LogP contribution in [0, 0.1) is 0 Å². The zero-order chi connectivity index (χ0) is 12.3. The zero-order valence-electron chi connectivity index (χ0n) is 11.4. The van der Waals surface area contributed by atoms with Crippen molar-refractivity contribution in [1.29, 1.82) is 0 Å². The van der Waals surface area contributed by atoms with Gasteiger partial charge in [-0.2, -0.15) is 0 Å². The molecule has 2 nitrogen and oxygen atoms in total. The van der Waals surface area contributed by atoms with Crippen molar-refractivity contribution in [3.63, 3.8) is 0 Å². The average molecular weight is 313 g/mol.